The summed E-state index contributed by atoms with van der Waals surface area (Å²) in [5.41, 5.74) is 0. The zero-order valence-electron chi connectivity index (χ0n) is 12.8. The molecule has 1 atom stereocenters. The normalized spacial score (nSPS) is 18.6. The van der Waals surface area contributed by atoms with Crippen LogP contribution in [0.5, 0.6) is 0 Å². The number of amides is 1. The third-order valence-corrected chi connectivity index (χ3v) is 4.86. The molecule has 1 aliphatic rings. The van der Waals surface area contributed by atoms with Crippen molar-refractivity contribution in [3.8, 4) is 0 Å². The molecule has 2 aromatic heterocycles. The molecular weight excluding hydrogens is 298 g/mol. The van der Waals surface area contributed by atoms with E-state index in [4.69, 9.17) is 4.52 Å². The van der Waals surface area contributed by atoms with Gasteiger partial charge in [-0.05, 0) is 30.7 Å². The Hall–Kier alpha value is -1.69. The fraction of sp³-hybridized carbons (Fsp3) is 0.562. The van der Waals surface area contributed by atoms with E-state index >= 15 is 0 Å². The summed E-state index contributed by atoms with van der Waals surface area (Å²) in [6, 6.07) is 4.00. The second kappa shape index (κ2) is 7.05. The zero-order valence-corrected chi connectivity index (χ0v) is 13.6. The molecule has 3 rings (SSSR count). The van der Waals surface area contributed by atoms with Gasteiger partial charge in [-0.1, -0.05) is 18.1 Å². The van der Waals surface area contributed by atoms with E-state index in [9.17, 15) is 4.79 Å². The Morgan fingerprint density at radius 2 is 2.45 bits per heavy atom. The number of hydrogen-bond acceptors (Lipinski definition) is 5. The minimum absolute atomic E-state index is 0.180. The van der Waals surface area contributed by atoms with Gasteiger partial charge in [0.1, 0.15) is 0 Å². The SMILES string of the molecule is CCCc1noc([C@@H]2CCCN(C(=O)Cc3cccs3)C2)n1. The Labute approximate surface area is 134 Å². The average molecular weight is 319 g/mol. The maximum absolute atomic E-state index is 12.4. The Balaban J connectivity index is 1.61. The van der Waals surface area contributed by atoms with Gasteiger partial charge in [0, 0.05) is 24.4 Å². The van der Waals surface area contributed by atoms with Gasteiger partial charge >= 0.3 is 0 Å². The van der Waals surface area contributed by atoms with Gasteiger partial charge in [-0.2, -0.15) is 4.98 Å². The highest BCUT2D eigenvalue weighted by atomic mass is 32.1. The Bertz CT molecular complexity index is 609. The maximum Gasteiger partial charge on any atom is 0.231 e. The highest BCUT2D eigenvalue weighted by Gasteiger charge is 2.28. The highest BCUT2D eigenvalue weighted by molar-refractivity contribution is 7.10. The van der Waals surface area contributed by atoms with E-state index in [0.29, 0.717) is 18.9 Å². The van der Waals surface area contributed by atoms with Crippen LogP contribution in [-0.4, -0.2) is 34.0 Å². The van der Waals surface area contributed by atoms with Crippen molar-refractivity contribution in [2.45, 2.75) is 44.9 Å². The van der Waals surface area contributed by atoms with Gasteiger partial charge in [0.05, 0.1) is 12.3 Å². The van der Waals surface area contributed by atoms with Crippen molar-refractivity contribution in [3.05, 3.63) is 34.1 Å². The molecule has 0 N–H and O–H groups in total. The van der Waals surface area contributed by atoms with E-state index in [1.165, 1.54) is 0 Å². The predicted octanol–water partition coefficient (Wildman–Crippen LogP) is 3.03. The van der Waals surface area contributed by atoms with Crippen molar-refractivity contribution in [2.75, 3.05) is 13.1 Å². The Kier molecular flexibility index (Phi) is 4.87. The van der Waals surface area contributed by atoms with Gasteiger partial charge in [-0.15, -0.1) is 11.3 Å². The van der Waals surface area contributed by atoms with Gasteiger partial charge in [0.15, 0.2) is 5.82 Å². The summed E-state index contributed by atoms with van der Waals surface area (Å²) < 4.78 is 5.39. The van der Waals surface area contributed by atoms with Gasteiger partial charge in [0.2, 0.25) is 11.8 Å². The van der Waals surface area contributed by atoms with Crippen LogP contribution in [0.2, 0.25) is 0 Å². The summed E-state index contributed by atoms with van der Waals surface area (Å²) in [6.45, 7) is 3.62. The Morgan fingerprint density at radius 1 is 1.55 bits per heavy atom. The molecular formula is C16H21N3O2S. The lowest BCUT2D eigenvalue weighted by molar-refractivity contribution is -0.131. The molecule has 0 spiro atoms. The lowest BCUT2D eigenvalue weighted by Gasteiger charge is -2.31. The third kappa shape index (κ3) is 3.55. The zero-order chi connectivity index (χ0) is 15.4. The number of thiophene rings is 1. The third-order valence-electron chi connectivity index (χ3n) is 3.99. The second-order valence-electron chi connectivity index (χ2n) is 5.73. The molecule has 1 saturated heterocycles. The number of rotatable bonds is 5. The first kappa shape index (κ1) is 15.2. The van der Waals surface area contributed by atoms with Crippen LogP contribution in [0.3, 0.4) is 0 Å². The quantitative estimate of drug-likeness (QED) is 0.850. The van der Waals surface area contributed by atoms with E-state index in [1.54, 1.807) is 11.3 Å². The number of aromatic nitrogens is 2. The minimum atomic E-state index is 0.180. The molecule has 1 amide bonds. The van der Waals surface area contributed by atoms with Crippen LogP contribution in [0.25, 0.3) is 0 Å². The van der Waals surface area contributed by atoms with E-state index < -0.39 is 0 Å². The second-order valence-corrected chi connectivity index (χ2v) is 6.77. The molecule has 118 valence electrons. The fourth-order valence-electron chi connectivity index (χ4n) is 2.84. The molecule has 0 saturated carbocycles. The number of piperidine rings is 1. The number of carbonyl (C=O) groups is 1. The van der Waals surface area contributed by atoms with Crippen molar-refractivity contribution in [1.29, 1.82) is 0 Å². The highest BCUT2D eigenvalue weighted by Crippen LogP contribution is 2.26. The van der Waals surface area contributed by atoms with Crippen LogP contribution in [0.4, 0.5) is 0 Å². The first-order chi connectivity index (χ1) is 10.8. The molecule has 0 radical (unpaired) electrons. The van der Waals surface area contributed by atoms with Gasteiger partial charge in [-0.3, -0.25) is 4.79 Å². The van der Waals surface area contributed by atoms with Gasteiger partial charge < -0.3 is 9.42 Å². The lowest BCUT2D eigenvalue weighted by atomic mass is 9.97. The average Bonchev–Trinajstić information content (AvgIpc) is 3.19. The standard InChI is InChI=1S/C16H21N3O2S/c1-2-5-14-17-16(21-18-14)12-6-3-8-19(11-12)15(20)10-13-7-4-9-22-13/h4,7,9,12H,2-3,5-6,8,10-11H2,1H3/t12-/m1/s1. The van der Waals surface area contributed by atoms with E-state index in [0.717, 1.165) is 42.9 Å². The van der Waals surface area contributed by atoms with Crippen molar-refractivity contribution < 1.29 is 9.32 Å². The number of nitrogens with zero attached hydrogens (tertiary/aromatic N) is 3. The molecule has 22 heavy (non-hydrogen) atoms. The fourth-order valence-corrected chi connectivity index (χ4v) is 3.53. The number of likely N-dealkylation sites (tertiary alicyclic amines) is 1. The summed E-state index contributed by atoms with van der Waals surface area (Å²) in [6.07, 6.45) is 4.35. The maximum atomic E-state index is 12.4. The first-order valence-electron chi connectivity index (χ1n) is 7.89. The number of hydrogen-bond donors (Lipinski definition) is 0. The van der Waals surface area contributed by atoms with E-state index in [2.05, 4.69) is 17.1 Å². The molecule has 1 fully saturated rings. The number of aryl methyl sites for hydroxylation is 1. The summed E-state index contributed by atoms with van der Waals surface area (Å²) >= 11 is 1.63. The minimum Gasteiger partial charge on any atom is -0.342 e. The Morgan fingerprint density at radius 3 is 3.23 bits per heavy atom. The van der Waals surface area contributed by atoms with Crippen molar-refractivity contribution in [3.63, 3.8) is 0 Å². The molecule has 2 aromatic rings. The van der Waals surface area contributed by atoms with Crippen LogP contribution in [-0.2, 0) is 17.6 Å². The smallest absolute Gasteiger partial charge is 0.231 e. The van der Waals surface area contributed by atoms with Crippen molar-refractivity contribution in [1.82, 2.24) is 15.0 Å². The van der Waals surface area contributed by atoms with Gasteiger partial charge in [0.25, 0.3) is 0 Å². The molecule has 3 heterocycles. The van der Waals surface area contributed by atoms with E-state index in [-0.39, 0.29) is 11.8 Å². The molecule has 0 bridgehead atoms. The monoisotopic (exact) mass is 319 g/mol. The molecule has 0 unspecified atom stereocenters. The van der Waals surface area contributed by atoms with E-state index in [1.807, 2.05) is 22.4 Å². The summed E-state index contributed by atoms with van der Waals surface area (Å²) in [4.78, 5) is 20.0. The lowest BCUT2D eigenvalue weighted by Crippen LogP contribution is -2.39. The van der Waals surface area contributed by atoms with Gasteiger partial charge in [-0.25, -0.2) is 0 Å². The van der Waals surface area contributed by atoms with Crippen LogP contribution >= 0.6 is 11.3 Å². The summed E-state index contributed by atoms with van der Waals surface area (Å²) in [7, 11) is 0. The van der Waals surface area contributed by atoms with Crippen molar-refractivity contribution in [2.24, 2.45) is 0 Å². The van der Waals surface area contributed by atoms with Crippen LogP contribution in [0.1, 0.15) is 48.7 Å². The summed E-state index contributed by atoms with van der Waals surface area (Å²) in [5, 5.41) is 6.03. The molecule has 1 aliphatic heterocycles. The molecule has 0 aliphatic carbocycles. The summed E-state index contributed by atoms with van der Waals surface area (Å²) in [5.74, 6) is 1.84. The van der Waals surface area contributed by atoms with Crippen LogP contribution in [0, 0.1) is 0 Å². The molecule has 5 nitrogen and oxygen atoms in total. The van der Waals surface area contributed by atoms with Crippen molar-refractivity contribution >= 4 is 17.2 Å². The molecule has 6 heteroatoms. The topological polar surface area (TPSA) is 59.2 Å². The van der Waals surface area contributed by atoms with Crippen LogP contribution < -0.4 is 0 Å². The largest absolute Gasteiger partial charge is 0.342 e. The molecule has 0 aromatic carbocycles. The first-order valence-corrected chi connectivity index (χ1v) is 8.77. The number of carbonyl (C=O) groups excluding carboxylic acids is 1. The predicted molar refractivity (Wildman–Crippen MR) is 84.9 cm³/mol. The van der Waals surface area contributed by atoms with Crippen LogP contribution in [0.15, 0.2) is 22.0 Å².